The number of nitrogens with zero attached hydrogens (tertiary/aromatic N) is 1. The van der Waals surface area contributed by atoms with Crippen molar-refractivity contribution < 1.29 is 4.79 Å². The number of rotatable bonds is 5. The van der Waals surface area contributed by atoms with E-state index in [0.717, 1.165) is 19.5 Å². The van der Waals surface area contributed by atoms with Crippen molar-refractivity contribution in [1.82, 2.24) is 10.2 Å². The molecule has 2 atom stereocenters. The van der Waals surface area contributed by atoms with Crippen molar-refractivity contribution in [3.05, 3.63) is 47.5 Å². The van der Waals surface area contributed by atoms with Crippen LogP contribution in [0.3, 0.4) is 0 Å². The number of carbonyl (C=O) groups is 1. The van der Waals surface area contributed by atoms with E-state index in [1.165, 1.54) is 24.0 Å². The fourth-order valence-corrected chi connectivity index (χ4v) is 3.31. The minimum absolute atomic E-state index is 0.0867. The average molecular weight is 298 g/mol. The second-order valence-corrected chi connectivity index (χ2v) is 6.74. The van der Waals surface area contributed by atoms with Crippen LogP contribution in [0.25, 0.3) is 0 Å². The summed E-state index contributed by atoms with van der Waals surface area (Å²) in [6.07, 6.45) is 5.35. The highest BCUT2D eigenvalue weighted by atomic mass is 16.1. The van der Waals surface area contributed by atoms with Crippen LogP contribution in [0.4, 0.5) is 0 Å². The van der Waals surface area contributed by atoms with Crippen molar-refractivity contribution in [2.24, 2.45) is 5.92 Å². The molecule has 3 rings (SSSR count). The maximum atomic E-state index is 12.1. The van der Waals surface area contributed by atoms with Gasteiger partial charge in [0.2, 0.25) is 5.91 Å². The van der Waals surface area contributed by atoms with Gasteiger partial charge in [-0.25, -0.2) is 0 Å². The van der Waals surface area contributed by atoms with E-state index >= 15 is 0 Å². The quantitative estimate of drug-likeness (QED) is 0.846. The van der Waals surface area contributed by atoms with E-state index in [1.807, 2.05) is 0 Å². The predicted molar refractivity (Wildman–Crippen MR) is 89.5 cm³/mol. The smallest absolute Gasteiger partial charge is 0.244 e. The van der Waals surface area contributed by atoms with Crippen LogP contribution in [0.1, 0.15) is 44.7 Å². The molecular formula is C19H26N2O. The van der Waals surface area contributed by atoms with Crippen LogP contribution >= 0.6 is 0 Å². The van der Waals surface area contributed by atoms with E-state index < -0.39 is 0 Å². The molecule has 2 fully saturated rings. The van der Waals surface area contributed by atoms with E-state index in [-0.39, 0.29) is 11.9 Å². The fraction of sp³-hybridized carbons (Fsp3) is 0.526. The molecule has 22 heavy (non-hydrogen) atoms. The molecule has 0 bridgehead atoms. The van der Waals surface area contributed by atoms with Crippen LogP contribution < -0.4 is 5.32 Å². The Morgan fingerprint density at radius 2 is 2.00 bits per heavy atom. The molecule has 1 aromatic rings. The summed E-state index contributed by atoms with van der Waals surface area (Å²) in [6, 6.07) is 11.3. The van der Waals surface area contributed by atoms with Gasteiger partial charge in [-0.15, -0.1) is 0 Å². The number of amides is 1. The summed E-state index contributed by atoms with van der Waals surface area (Å²) in [5, 5.41) is 3.17. The lowest BCUT2D eigenvalue weighted by Crippen LogP contribution is -2.36. The van der Waals surface area contributed by atoms with Gasteiger partial charge in [0.1, 0.15) is 0 Å². The summed E-state index contributed by atoms with van der Waals surface area (Å²) >= 11 is 0. The molecule has 2 aliphatic rings. The zero-order valence-electron chi connectivity index (χ0n) is 13.6. The molecule has 1 aliphatic heterocycles. The SMILES string of the molecule is C/C(=C/C(=O)N[C@@H]1CCN([C@@H](C)c2ccccc2)C1)C1CC1. The molecule has 1 heterocycles. The van der Waals surface area contributed by atoms with Crippen LogP contribution in [-0.4, -0.2) is 29.9 Å². The second kappa shape index (κ2) is 6.66. The molecule has 1 amide bonds. The molecule has 0 spiro atoms. The number of hydrogen-bond acceptors (Lipinski definition) is 2. The zero-order chi connectivity index (χ0) is 15.5. The molecule has 1 aliphatic carbocycles. The largest absolute Gasteiger partial charge is 0.348 e. The van der Waals surface area contributed by atoms with Crippen molar-refractivity contribution in [3.63, 3.8) is 0 Å². The number of carbonyl (C=O) groups excluding carboxylic acids is 1. The maximum Gasteiger partial charge on any atom is 0.244 e. The molecule has 1 N–H and O–H groups in total. The van der Waals surface area contributed by atoms with E-state index in [9.17, 15) is 4.79 Å². The molecule has 118 valence electrons. The number of likely N-dealkylation sites (tertiary alicyclic amines) is 1. The summed E-state index contributed by atoms with van der Waals surface area (Å²) in [5.41, 5.74) is 2.59. The molecule has 0 unspecified atom stereocenters. The van der Waals surface area contributed by atoms with Crippen molar-refractivity contribution in [2.45, 2.75) is 45.2 Å². The van der Waals surface area contributed by atoms with Gasteiger partial charge in [-0.1, -0.05) is 35.9 Å². The summed E-state index contributed by atoms with van der Waals surface area (Å²) < 4.78 is 0. The summed E-state index contributed by atoms with van der Waals surface area (Å²) in [7, 11) is 0. The standard InChI is InChI=1S/C19H26N2O/c1-14(16-8-9-16)12-19(22)20-18-10-11-21(13-18)15(2)17-6-4-3-5-7-17/h3-7,12,15-16,18H,8-11,13H2,1-2H3,(H,20,22)/b14-12-/t15-,18+/m0/s1. The van der Waals surface area contributed by atoms with E-state index in [0.29, 0.717) is 12.0 Å². The lowest BCUT2D eigenvalue weighted by Gasteiger charge is -2.24. The molecule has 1 aromatic carbocycles. The topological polar surface area (TPSA) is 32.3 Å². The zero-order valence-corrected chi connectivity index (χ0v) is 13.6. The van der Waals surface area contributed by atoms with Gasteiger partial charge >= 0.3 is 0 Å². The Balaban J connectivity index is 1.51. The van der Waals surface area contributed by atoms with Crippen LogP contribution in [0.5, 0.6) is 0 Å². The molecule has 3 nitrogen and oxygen atoms in total. The first-order valence-corrected chi connectivity index (χ1v) is 8.41. The van der Waals surface area contributed by atoms with Crippen molar-refractivity contribution in [2.75, 3.05) is 13.1 Å². The van der Waals surface area contributed by atoms with Crippen molar-refractivity contribution in [3.8, 4) is 0 Å². The highest BCUT2D eigenvalue weighted by molar-refractivity contribution is 5.88. The van der Waals surface area contributed by atoms with Crippen LogP contribution in [0.15, 0.2) is 42.0 Å². The van der Waals surface area contributed by atoms with Gasteiger partial charge in [0.25, 0.3) is 0 Å². The van der Waals surface area contributed by atoms with Crippen LogP contribution in [0, 0.1) is 5.92 Å². The first-order valence-electron chi connectivity index (χ1n) is 8.41. The highest BCUT2D eigenvalue weighted by Crippen LogP contribution is 2.35. The van der Waals surface area contributed by atoms with E-state index in [2.05, 4.69) is 54.4 Å². The Morgan fingerprint density at radius 3 is 2.68 bits per heavy atom. The number of allylic oxidation sites excluding steroid dienone is 1. The normalized spacial score (nSPS) is 24.3. The van der Waals surface area contributed by atoms with Gasteiger partial charge in [0.05, 0.1) is 0 Å². The highest BCUT2D eigenvalue weighted by Gasteiger charge is 2.28. The van der Waals surface area contributed by atoms with Gasteiger partial charge in [-0.2, -0.15) is 0 Å². The minimum Gasteiger partial charge on any atom is -0.348 e. The first kappa shape index (κ1) is 15.3. The summed E-state index contributed by atoms with van der Waals surface area (Å²) in [5.74, 6) is 0.757. The lowest BCUT2D eigenvalue weighted by atomic mass is 10.1. The second-order valence-electron chi connectivity index (χ2n) is 6.74. The monoisotopic (exact) mass is 298 g/mol. The molecule has 1 saturated heterocycles. The van der Waals surface area contributed by atoms with Gasteiger partial charge in [-0.05, 0) is 44.6 Å². The fourth-order valence-electron chi connectivity index (χ4n) is 3.31. The Labute approximate surface area is 133 Å². The van der Waals surface area contributed by atoms with Gasteiger partial charge in [0.15, 0.2) is 0 Å². The third-order valence-corrected chi connectivity index (χ3v) is 4.98. The molecule has 0 aromatic heterocycles. The van der Waals surface area contributed by atoms with E-state index in [4.69, 9.17) is 0 Å². The van der Waals surface area contributed by atoms with Crippen LogP contribution in [-0.2, 0) is 4.79 Å². The Kier molecular flexibility index (Phi) is 4.63. The average Bonchev–Trinajstić information content (AvgIpc) is 3.28. The van der Waals surface area contributed by atoms with Crippen molar-refractivity contribution in [1.29, 1.82) is 0 Å². The maximum absolute atomic E-state index is 12.1. The third-order valence-electron chi connectivity index (χ3n) is 4.98. The Morgan fingerprint density at radius 1 is 1.27 bits per heavy atom. The summed E-state index contributed by atoms with van der Waals surface area (Å²) in [6.45, 7) is 6.32. The van der Waals surface area contributed by atoms with Crippen molar-refractivity contribution >= 4 is 5.91 Å². The Bertz CT molecular complexity index is 548. The number of benzene rings is 1. The Hall–Kier alpha value is -1.61. The van der Waals surface area contributed by atoms with Gasteiger partial charge in [-0.3, -0.25) is 9.69 Å². The van der Waals surface area contributed by atoms with E-state index in [1.54, 1.807) is 6.08 Å². The van der Waals surface area contributed by atoms with Crippen LogP contribution in [0.2, 0.25) is 0 Å². The van der Waals surface area contributed by atoms with Gasteiger partial charge in [0, 0.05) is 31.2 Å². The summed E-state index contributed by atoms with van der Waals surface area (Å²) in [4.78, 5) is 14.5. The molecule has 3 heteroatoms. The third kappa shape index (κ3) is 3.77. The molecule has 0 radical (unpaired) electrons. The number of hydrogen-bond donors (Lipinski definition) is 1. The van der Waals surface area contributed by atoms with Gasteiger partial charge < -0.3 is 5.32 Å². The molecular weight excluding hydrogens is 272 g/mol. The first-order chi connectivity index (χ1) is 10.6. The predicted octanol–water partition coefficient (Wildman–Crippen LogP) is 3.29. The number of nitrogens with one attached hydrogen (secondary N) is 1. The lowest BCUT2D eigenvalue weighted by molar-refractivity contribution is -0.117. The minimum atomic E-state index is 0.0867. The molecule has 1 saturated carbocycles.